The summed E-state index contributed by atoms with van der Waals surface area (Å²) in [4.78, 5) is 13.5. The topological polar surface area (TPSA) is 66.5 Å². The van der Waals surface area contributed by atoms with Gasteiger partial charge in [0.2, 0.25) is 15.9 Å². The van der Waals surface area contributed by atoms with E-state index in [2.05, 4.69) is 11.4 Å². The van der Waals surface area contributed by atoms with Gasteiger partial charge in [0.05, 0.1) is 10.6 Å². The van der Waals surface area contributed by atoms with Gasteiger partial charge in [0.15, 0.2) is 0 Å². The van der Waals surface area contributed by atoms with E-state index in [-0.39, 0.29) is 10.8 Å². The molecule has 7 heteroatoms. The second-order valence-electron chi connectivity index (χ2n) is 6.22. The first kappa shape index (κ1) is 21.5. The molecule has 0 fully saturated rings. The number of hydrogen-bond acceptors (Lipinski definition) is 4. The number of aryl methyl sites for hydroxylation is 2. The first-order valence-electron chi connectivity index (χ1n) is 8.88. The van der Waals surface area contributed by atoms with Gasteiger partial charge < -0.3 is 5.32 Å². The highest BCUT2D eigenvalue weighted by molar-refractivity contribution is 8.00. The van der Waals surface area contributed by atoms with E-state index in [1.54, 1.807) is 12.1 Å². The molecule has 0 atom stereocenters. The van der Waals surface area contributed by atoms with Gasteiger partial charge in [-0.3, -0.25) is 4.79 Å². The second-order valence-corrected chi connectivity index (χ2v) is 9.17. The predicted molar refractivity (Wildman–Crippen MR) is 112 cm³/mol. The van der Waals surface area contributed by atoms with Crippen LogP contribution >= 0.6 is 11.8 Å². The summed E-state index contributed by atoms with van der Waals surface area (Å²) in [6, 6.07) is 12.4. The maximum Gasteiger partial charge on any atom is 0.243 e. The highest BCUT2D eigenvalue weighted by Crippen LogP contribution is 2.24. The summed E-state index contributed by atoms with van der Waals surface area (Å²) in [5.74, 6) is 0.169. The number of amides is 1. The van der Waals surface area contributed by atoms with Crippen molar-refractivity contribution >= 4 is 33.4 Å². The Hall–Kier alpha value is -1.83. The molecule has 1 N–H and O–H groups in total. The van der Waals surface area contributed by atoms with Crippen molar-refractivity contribution in [1.29, 1.82) is 0 Å². The third-order valence-electron chi connectivity index (χ3n) is 4.17. The van der Waals surface area contributed by atoms with Crippen LogP contribution in [-0.4, -0.2) is 37.5 Å². The maximum atomic E-state index is 12.5. The lowest BCUT2D eigenvalue weighted by molar-refractivity contribution is -0.113. The largest absolute Gasteiger partial charge is 0.325 e. The van der Waals surface area contributed by atoms with Gasteiger partial charge in [-0.25, -0.2) is 8.42 Å². The van der Waals surface area contributed by atoms with Gasteiger partial charge in [-0.2, -0.15) is 4.31 Å². The van der Waals surface area contributed by atoms with Gasteiger partial charge in [-0.1, -0.05) is 31.5 Å². The molecule has 0 bridgehead atoms. The minimum Gasteiger partial charge on any atom is -0.325 e. The van der Waals surface area contributed by atoms with Gasteiger partial charge in [0.25, 0.3) is 0 Å². The molecule has 0 aromatic heterocycles. The Balaban J connectivity index is 1.98. The average Bonchev–Trinajstić information content (AvgIpc) is 2.62. The number of hydrogen-bond donors (Lipinski definition) is 1. The molecule has 0 aliphatic heterocycles. The molecular formula is C20H26N2O3S2. The molecule has 2 rings (SSSR count). The molecule has 0 aliphatic carbocycles. The molecule has 146 valence electrons. The summed E-state index contributed by atoms with van der Waals surface area (Å²) in [6.45, 7) is 8.53. The standard InChI is InChI=1S/C20H26N2O3S2/c1-5-22(6-2)27(24,25)18-10-8-17(9-11-18)21-20(23)14-26-19-12-7-15(3)13-16(19)4/h7-13H,5-6,14H2,1-4H3,(H,21,23). The van der Waals surface area contributed by atoms with Crippen molar-refractivity contribution in [3.8, 4) is 0 Å². The molecule has 0 spiro atoms. The highest BCUT2D eigenvalue weighted by Gasteiger charge is 2.21. The number of nitrogens with one attached hydrogen (secondary N) is 1. The number of anilines is 1. The molecular weight excluding hydrogens is 380 g/mol. The fourth-order valence-electron chi connectivity index (χ4n) is 2.72. The second kappa shape index (κ2) is 9.39. The monoisotopic (exact) mass is 406 g/mol. The van der Waals surface area contributed by atoms with Crippen LogP contribution in [0.3, 0.4) is 0 Å². The Bertz CT molecular complexity index is 890. The third kappa shape index (κ3) is 5.57. The fraction of sp³-hybridized carbons (Fsp3) is 0.350. The lowest BCUT2D eigenvalue weighted by Gasteiger charge is -2.18. The lowest BCUT2D eigenvalue weighted by Crippen LogP contribution is -2.30. The Morgan fingerprint density at radius 2 is 1.67 bits per heavy atom. The summed E-state index contributed by atoms with van der Waals surface area (Å²) in [5.41, 5.74) is 2.93. The van der Waals surface area contributed by atoms with Gasteiger partial charge in [-0.05, 0) is 49.7 Å². The van der Waals surface area contributed by atoms with Crippen molar-refractivity contribution in [2.24, 2.45) is 0 Å². The zero-order valence-electron chi connectivity index (χ0n) is 16.2. The van der Waals surface area contributed by atoms with Crippen molar-refractivity contribution in [2.45, 2.75) is 37.5 Å². The Morgan fingerprint density at radius 3 is 2.22 bits per heavy atom. The van der Waals surface area contributed by atoms with Crippen LogP contribution in [0.25, 0.3) is 0 Å². The molecule has 27 heavy (non-hydrogen) atoms. The third-order valence-corrected chi connectivity index (χ3v) is 7.41. The minimum atomic E-state index is -3.48. The smallest absolute Gasteiger partial charge is 0.243 e. The van der Waals surface area contributed by atoms with E-state index in [9.17, 15) is 13.2 Å². The SMILES string of the molecule is CCN(CC)S(=O)(=O)c1ccc(NC(=O)CSc2ccc(C)cc2C)cc1. The van der Waals surface area contributed by atoms with E-state index in [1.807, 2.05) is 39.8 Å². The summed E-state index contributed by atoms with van der Waals surface area (Å²) in [7, 11) is -3.48. The lowest BCUT2D eigenvalue weighted by atomic mass is 10.2. The van der Waals surface area contributed by atoms with Crippen LogP contribution in [0.1, 0.15) is 25.0 Å². The molecule has 0 saturated heterocycles. The van der Waals surface area contributed by atoms with Gasteiger partial charge in [0.1, 0.15) is 0 Å². The van der Waals surface area contributed by atoms with Crippen molar-refractivity contribution < 1.29 is 13.2 Å². The minimum absolute atomic E-state index is 0.126. The average molecular weight is 407 g/mol. The first-order chi connectivity index (χ1) is 12.8. The van der Waals surface area contributed by atoms with E-state index in [4.69, 9.17) is 0 Å². The fourth-order valence-corrected chi connectivity index (χ4v) is 4.99. The van der Waals surface area contributed by atoms with Crippen LogP contribution < -0.4 is 5.32 Å². The molecule has 0 heterocycles. The number of nitrogens with zero attached hydrogens (tertiary/aromatic N) is 1. The van der Waals surface area contributed by atoms with Crippen LogP contribution in [-0.2, 0) is 14.8 Å². The summed E-state index contributed by atoms with van der Waals surface area (Å²) < 4.78 is 26.4. The zero-order chi connectivity index (χ0) is 20.0. The van der Waals surface area contributed by atoms with E-state index in [0.29, 0.717) is 24.5 Å². The van der Waals surface area contributed by atoms with Crippen molar-refractivity contribution in [2.75, 3.05) is 24.2 Å². The molecule has 0 radical (unpaired) electrons. The molecule has 1 amide bonds. The van der Waals surface area contributed by atoms with Crippen LogP contribution in [0.5, 0.6) is 0 Å². The number of sulfonamides is 1. The van der Waals surface area contributed by atoms with Crippen LogP contribution in [0.2, 0.25) is 0 Å². The van der Waals surface area contributed by atoms with Crippen LogP contribution in [0, 0.1) is 13.8 Å². The molecule has 2 aromatic carbocycles. The van der Waals surface area contributed by atoms with Crippen LogP contribution in [0.4, 0.5) is 5.69 Å². The van der Waals surface area contributed by atoms with E-state index in [0.717, 1.165) is 10.5 Å². The Labute approximate surface area is 166 Å². The first-order valence-corrected chi connectivity index (χ1v) is 11.3. The molecule has 0 aliphatic rings. The van der Waals surface area contributed by atoms with Gasteiger partial charge in [-0.15, -0.1) is 11.8 Å². The Kier molecular flexibility index (Phi) is 7.47. The van der Waals surface area contributed by atoms with Gasteiger partial charge >= 0.3 is 0 Å². The number of carbonyl (C=O) groups is 1. The van der Waals surface area contributed by atoms with Crippen LogP contribution in [0.15, 0.2) is 52.3 Å². The van der Waals surface area contributed by atoms with Crippen molar-refractivity contribution in [3.63, 3.8) is 0 Å². The van der Waals surface area contributed by atoms with E-state index >= 15 is 0 Å². The quantitative estimate of drug-likeness (QED) is 0.671. The van der Waals surface area contributed by atoms with Crippen molar-refractivity contribution in [1.82, 2.24) is 4.31 Å². The van der Waals surface area contributed by atoms with Gasteiger partial charge in [0, 0.05) is 23.7 Å². The number of benzene rings is 2. The Morgan fingerprint density at radius 1 is 1.04 bits per heavy atom. The maximum absolute atomic E-state index is 12.5. The molecule has 0 saturated carbocycles. The zero-order valence-corrected chi connectivity index (χ0v) is 17.8. The predicted octanol–water partition coefficient (Wildman–Crippen LogP) is 4.06. The van der Waals surface area contributed by atoms with E-state index in [1.165, 1.54) is 33.8 Å². The van der Waals surface area contributed by atoms with Crippen molar-refractivity contribution in [3.05, 3.63) is 53.6 Å². The van der Waals surface area contributed by atoms with E-state index < -0.39 is 10.0 Å². The summed E-state index contributed by atoms with van der Waals surface area (Å²) in [5, 5.41) is 2.81. The normalized spacial score (nSPS) is 11.6. The summed E-state index contributed by atoms with van der Waals surface area (Å²) in [6.07, 6.45) is 0. The summed E-state index contributed by atoms with van der Waals surface area (Å²) >= 11 is 1.49. The molecule has 2 aromatic rings. The number of carbonyl (C=O) groups excluding carboxylic acids is 1. The molecule has 0 unspecified atom stereocenters. The number of thioether (sulfide) groups is 1. The highest BCUT2D eigenvalue weighted by atomic mass is 32.2. The number of rotatable bonds is 8. The molecule has 5 nitrogen and oxygen atoms in total.